The van der Waals surface area contributed by atoms with Crippen molar-refractivity contribution in [2.75, 3.05) is 0 Å². The summed E-state index contributed by atoms with van der Waals surface area (Å²) in [6.45, 7) is 3.94. The molecule has 0 aromatic carbocycles. The number of aromatic nitrogens is 7. The Labute approximate surface area is 138 Å². The van der Waals surface area contributed by atoms with Crippen LogP contribution in [-0.4, -0.2) is 33.7 Å². The third-order valence-corrected chi connectivity index (χ3v) is 3.78. The highest BCUT2D eigenvalue weighted by Gasteiger charge is 2.07. The molecule has 120 valence electrons. The van der Waals surface area contributed by atoms with Crippen LogP contribution in [0.15, 0.2) is 36.8 Å². The van der Waals surface area contributed by atoms with Gasteiger partial charge in [-0.05, 0) is 44.2 Å². The molecule has 0 bridgehead atoms. The summed E-state index contributed by atoms with van der Waals surface area (Å²) in [4.78, 5) is 13.5. The summed E-state index contributed by atoms with van der Waals surface area (Å²) in [5.74, 6) is 2.93. The van der Waals surface area contributed by atoms with Crippen LogP contribution in [0.4, 0.5) is 0 Å². The molecule has 4 rings (SSSR count). The maximum atomic E-state index is 4.61. The van der Waals surface area contributed by atoms with Gasteiger partial charge in [0.1, 0.15) is 5.82 Å². The molecule has 0 saturated heterocycles. The van der Waals surface area contributed by atoms with E-state index in [-0.39, 0.29) is 0 Å². The summed E-state index contributed by atoms with van der Waals surface area (Å²) in [7, 11) is 1.96. The van der Waals surface area contributed by atoms with E-state index in [0.29, 0.717) is 11.6 Å². The molecule has 0 spiro atoms. The van der Waals surface area contributed by atoms with E-state index >= 15 is 0 Å². The maximum Gasteiger partial charge on any atom is 0.253 e. The number of fused-ring (bicyclic) bond motifs is 1. The van der Waals surface area contributed by atoms with Crippen molar-refractivity contribution in [2.24, 2.45) is 7.05 Å². The molecule has 0 atom stereocenters. The fraction of sp³-hybridized carbons (Fsp3) is 0.176. The number of nitrogens with zero attached hydrogens (tertiary/aromatic N) is 7. The normalized spacial score (nSPS) is 11.8. The Morgan fingerprint density at radius 1 is 1.00 bits per heavy atom. The summed E-state index contributed by atoms with van der Waals surface area (Å²) in [5.41, 5.74) is 1.94. The summed E-state index contributed by atoms with van der Waals surface area (Å²) in [5, 5.41) is 4.47. The van der Waals surface area contributed by atoms with E-state index in [4.69, 9.17) is 0 Å². The third-order valence-electron chi connectivity index (χ3n) is 3.78. The summed E-state index contributed by atoms with van der Waals surface area (Å²) < 4.78 is 5.68. The van der Waals surface area contributed by atoms with Crippen LogP contribution in [0.2, 0.25) is 0 Å². The Kier molecular flexibility index (Phi) is 3.26. The highest BCUT2D eigenvalue weighted by molar-refractivity contribution is 5.64. The molecule has 0 aliphatic heterocycles. The van der Waals surface area contributed by atoms with Crippen LogP contribution < -0.4 is 0 Å². The molecule has 0 radical (unpaired) electrons. The zero-order valence-electron chi connectivity index (χ0n) is 13.7. The maximum absolute atomic E-state index is 4.61. The SMILES string of the molecule is Cc1cc(C)n2nc(/C=C/c3nc(-n4cccc4)cn3C)nc2n1. The quantitative estimate of drug-likeness (QED) is 0.582. The van der Waals surface area contributed by atoms with Gasteiger partial charge in [-0.2, -0.15) is 4.98 Å². The van der Waals surface area contributed by atoms with Crippen molar-refractivity contribution in [1.29, 1.82) is 0 Å². The van der Waals surface area contributed by atoms with E-state index in [2.05, 4.69) is 20.1 Å². The van der Waals surface area contributed by atoms with E-state index in [1.165, 1.54) is 0 Å². The first-order chi connectivity index (χ1) is 11.6. The number of hydrogen-bond donors (Lipinski definition) is 0. The van der Waals surface area contributed by atoms with E-state index in [1.807, 2.05) is 79.0 Å². The Morgan fingerprint density at radius 3 is 2.58 bits per heavy atom. The molecular formula is C17H17N7. The van der Waals surface area contributed by atoms with Crippen molar-refractivity contribution in [2.45, 2.75) is 13.8 Å². The van der Waals surface area contributed by atoms with Crippen LogP contribution in [0.25, 0.3) is 23.7 Å². The van der Waals surface area contributed by atoms with Crippen LogP contribution in [0, 0.1) is 13.8 Å². The zero-order chi connectivity index (χ0) is 16.7. The van der Waals surface area contributed by atoms with Gasteiger partial charge in [0.2, 0.25) is 0 Å². The van der Waals surface area contributed by atoms with E-state index in [0.717, 1.165) is 23.0 Å². The van der Waals surface area contributed by atoms with E-state index < -0.39 is 0 Å². The van der Waals surface area contributed by atoms with E-state index in [1.54, 1.807) is 4.52 Å². The lowest BCUT2D eigenvalue weighted by molar-refractivity contribution is 0.881. The van der Waals surface area contributed by atoms with Gasteiger partial charge in [-0.25, -0.2) is 14.5 Å². The van der Waals surface area contributed by atoms with Gasteiger partial charge in [0, 0.05) is 37.0 Å². The Bertz CT molecular complexity index is 1030. The molecule has 7 heteroatoms. The molecule has 0 saturated carbocycles. The molecule has 4 aromatic heterocycles. The minimum Gasteiger partial charge on any atom is -0.332 e. The van der Waals surface area contributed by atoms with Gasteiger partial charge in [0.15, 0.2) is 11.6 Å². The lowest BCUT2D eigenvalue weighted by Gasteiger charge is -1.97. The molecule has 0 aliphatic carbocycles. The molecule has 0 amide bonds. The van der Waals surface area contributed by atoms with Gasteiger partial charge < -0.3 is 9.13 Å². The van der Waals surface area contributed by atoms with Crippen molar-refractivity contribution in [3.05, 3.63) is 59.8 Å². The Balaban J connectivity index is 1.67. The summed E-state index contributed by atoms with van der Waals surface area (Å²) in [6, 6.07) is 5.93. The van der Waals surface area contributed by atoms with Crippen LogP contribution in [-0.2, 0) is 7.05 Å². The largest absolute Gasteiger partial charge is 0.332 e. The highest BCUT2D eigenvalue weighted by Crippen LogP contribution is 2.11. The second-order valence-corrected chi connectivity index (χ2v) is 5.71. The molecule has 24 heavy (non-hydrogen) atoms. The third kappa shape index (κ3) is 2.50. The predicted octanol–water partition coefficient (Wildman–Crippen LogP) is 2.44. The van der Waals surface area contributed by atoms with Crippen molar-refractivity contribution < 1.29 is 0 Å². The number of hydrogen-bond acceptors (Lipinski definition) is 4. The van der Waals surface area contributed by atoms with Gasteiger partial charge >= 0.3 is 0 Å². The topological polar surface area (TPSA) is 65.8 Å². The molecular weight excluding hydrogens is 302 g/mol. The molecule has 0 aliphatic rings. The fourth-order valence-corrected chi connectivity index (χ4v) is 2.63. The lowest BCUT2D eigenvalue weighted by Crippen LogP contribution is -1.97. The molecule has 7 nitrogen and oxygen atoms in total. The number of aryl methyl sites for hydroxylation is 3. The fourth-order valence-electron chi connectivity index (χ4n) is 2.63. The van der Waals surface area contributed by atoms with E-state index in [9.17, 15) is 0 Å². The van der Waals surface area contributed by atoms with Crippen LogP contribution >= 0.6 is 0 Å². The minimum atomic E-state index is 0.611. The lowest BCUT2D eigenvalue weighted by atomic mass is 10.4. The minimum absolute atomic E-state index is 0.611. The molecule has 4 heterocycles. The average molecular weight is 319 g/mol. The smallest absolute Gasteiger partial charge is 0.253 e. The van der Waals surface area contributed by atoms with Crippen LogP contribution in [0.1, 0.15) is 23.0 Å². The second kappa shape index (κ2) is 5.45. The Hall–Kier alpha value is -3.22. The summed E-state index contributed by atoms with van der Waals surface area (Å²) >= 11 is 0. The summed E-state index contributed by atoms with van der Waals surface area (Å²) in [6.07, 6.45) is 9.67. The number of imidazole rings is 1. The molecule has 0 unspecified atom stereocenters. The van der Waals surface area contributed by atoms with Gasteiger partial charge in [-0.15, -0.1) is 5.10 Å². The van der Waals surface area contributed by atoms with Gasteiger partial charge in [0.05, 0.1) is 0 Å². The highest BCUT2D eigenvalue weighted by atomic mass is 15.3. The average Bonchev–Trinajstić information content (AvgIpc) is 3.24. The predicted molar refractivity (Wildman–Crippen MR) is 91.7 cm³/mol. The second-order valence-electron chi connectivity index (χ2n) is 5.71. The van der Waals surface area contributed by atoms with Crippen molar-refractivity contribution >= 4 is 17.9 Å². The molecule has 4 aromatic rings. The zero-order valence-corrected chi connectivity index (χ0v) is 13.7. The monoisotopic (exact) mass is 319 g/mol. The van der Waals surface area contributed by atoms with Gasteiger partial charge in [0.25, 0.3) is 5.78 Å². The van der Waals surface area contributed by atoms with Gasteiger partial charge in [-0.1, -0.05) is 0 Å². The van der Waals surface area contributed by atoms with Crippen molar-refractivity contribution in [3.8, 4) is 5.82 Å². The standard InChI is InChI=1S/C17H17N7/c1-12-10-13(2)24-17(18-12)19-14(21-24)6-7-15-20-16(11-22(15)3)23-8-4-5-9-23/h4-11H,1-3H3/b7-6+. The first-order valence-corrected chi connectivity index (χ1v) is 7.66. The molecule has 0 fully saturated rings. The first-order valence-electron chi connectivity index (χ1n) is 7.66. The Morgan fingerprint density at radius 2 is 1.79 bits per heavy atom. The van der Waals surface area contributed by atoms with Crippen molar-refractivity contribution in [1.82, 2.24) is 33.7 Å². The number of rotatable bonds is 3. The first kappa shape index (κ1) is 14.4. The van der Waals surface area contributed by atoms with Crippen LogP contribution in [0.3, 0.4) is 0 Å². The van der Waals surface area contributed by atoms with Gasteiger partial charge in [-0.3, -0.25) is 0 Å². The molecule has 0 N–H and O–H groups in total. The van der Waals surface area contributed by atoms with Crippen molar-refractivity contribution in [3.63, 3.8) is 0 Å². The van der Waals surface area contributed by atoms with Crippen LogP contribution in [0.5, 0.6) is 0 Å².